The summed E-state index contributed by atoms with van der Waals surface area (Å²) in [5.74, 6) is 1.22. The van der Waals surface area contributed by atoms with E-state index in [1.165, 1.54) is 5.56 Å². The van der Waals surface area contributed by atoms with Gasteiger partial charge in [0.2, 0.25) is 5.91 Å². The summed E-state index contributed by atoms with van der Waals surface area (Å²) < 4.78 is 11.1. The van der Waals surface area contributed by atoms with Crippen molar-refractivity contribution in [2.45, 2.75) is 31.8 Å². The van der Waals surface area contributed by atoms with Crippen molar-refractivity contribution in [2.75, 3.05) is 26.3 Å². The van der Waals surface area contributed by atoms with Crippen LogP contribution in [0, 0.1) is 0 Å². The van der Waals surface area contributed by atoms with Crippen molar-refractivity contribution < 1.29 is 14.3 Å². The zero-order chi connectivity index (χ0) is 19.3. The number of benzene rings is 2. The molecule has 1 amide bonds. The van der Waals surface area contributed by atoms with Crippen LogP contribution in [0.25, 0.3) is 0 Å². The monoisotopic (exact) mass is 400 g/mol. The molecule has 0 aliphatic carbocycles. The predicted octanol–water partition coefficient (Wildman–Crippen LogP) is 3.43. The average Bonchev–Trinajstić information content (AvgIpc) is 2.70. The van der Waals surface area contributed by atoms with Crippen LogP contribution in [0.2, 0.25) is 5.02 Å². The van der Waals surface area contributed by atoms with E-state index >= 15 is 0 Å². The Labute approximate surface area is 170 Å². The molecular weight excluding hydrogens is 376 g/mol. The van der Waals surface area contributed by atoms with Gasteiger partial charge in [-0.1, -0.05) is 41.9 Å². The highest BCUT2D eigenvalue weighted by molar-refractivity contribution is 6.32. The largest absolute Gasteiger partial charge is 0.486 e. The van der Waals surface area contributed by atoms with Gasteiger partial charge in [-0.15, -0.1) is 0 Å². The zero-order valence-corrected chi connectivity index (χ0v) is 16.6. The van der Waals surface area contributed by atoms with Crippen LogP contribution in [0.15, 0.2) is 42.5 Å². The average molecular weight is 401 g/mol. The van der Waals surface area contributed by atoms with Gasteiger partial charge in [0, 0.05) is 25.7 Å². The van der Waals surface area contributed by atoms with Crippen LogP contribution in [-0.4, -0.2) is 43.2 Å². The Morgan fingerprint density at radius 1 is 1.07 bits per heavy atom. The lowest BCUT2D eigenvalue weighted by Crippen LogP contribution is -2.44. The van der Waals surface area contributed by atoms with E-state index in [2.05, 4.69) is 34.5 Å². The second-order valence-corrected chi connectivity index (χ2v) is 7.79. The molecule has 2 aliphatic heterocycles. The number of nitrogens with one attached hydrogen (secondary N) is 1. The first-order valence-electron chi connectivity index (χ1n) is 9.81. The van der Waals surface area contributed by atoms with E-state index in [4.69, 9.17) is 21.1 Å². The molecule has 28 heavy (non-hydrogen) atoms. The number of amides is 1. The Balaban J connectivity index is 1.26. The number of hydrogen-bond acceptors (Lipinski definition) is 4. The maximum atomic E-state index is 12.5. The van der Waals surface area contributed by atoms with E-state index in [0.29, 0.717) is 36.2 Å². The van der Waals surface area contributed by atoms with E-state index in [0.717, 1.165) is 38.0 Å². The van der Waals surface area contributed by atoms with Crippen LogP contribution in [0.3, 0.4) is 0 Å². The van der Waals surface area contributed by atoms with Crippen molar-refractivity contribution in [1.82, 2.24) is 10.2 Å². The lowest BCUT2D eigenvalue weighted by atomic mass is 10.0. The van der Waals surface area contributed by atoms with Gasteiger partial charge in [-0.05, 0) is 36.1 Å². The summed E-state index contributed by atoms with van der Waals surface area (Å²) >= 11 is 6.26. The molecule has 2 aliphatic rings. The Kier molecular flexibility index (Phi) is 6.03. The fraction of sp³-hybridized carbons (Fsp3) is 0.409. The molecule has 2 aromatic carbocycles. The molecule has 1 N–H and O–H groups in total. The third kappa shape index (κ3) is 4.78. The van der Waals surface area contributed by atoms with Crippen LogP contribution in [0.5, 0.6) is 11.5 Å². The van der Waals surface area contributed by atoms with Crippen molar-refractivity contribution in [3.05, 3.63) is 58.6 Å². The Bertz CT molecular complexity index is 820. The summed E-state index contributed by atoms with van der Waals surface area (Å²) in [6, 6.07) is 14.4. The third-order valence-electron chi connectivity index (χ3n) is 5.22. The number of halogens is 1. The lowest BCUT2D eigenvalue weighted by molar-refractivity contribution is -0.121. The molecule has 4 rings (SSSR count). The van der Waals surface area contributed by atoms with Crippen molar-refractivity contribution in [2.24, 2.45) is 0 Å². The van der Waals surface area contributed by atoms with Gasteiger partial charge in [-0.25, -0.2) is 0 Å². The summed E-state index contributed by atoms with van der Waals surface area (Å²) in [7, 11) is 0. The predicted molar refractivity (Wildman–Crippen MR) is 109 cm³/mol. The SMILES string of the molecule is O=C(Cc1cc(Cl)c2c(c1)OCCO2)NC1CCN(Cc2ccccc2)CC1. The molecule has 0 unspecified atom stereocenters. The number of carbonyl (C=O) groups excluding carboxylic acids is 1. The highest BCUT2D eigenvalue weighted by Crippen LogP contribution is 2.38. The van der Waals surface area contributed by atoms with Crippen LogP contribution in [0.1, 0.15) is 24.0 Å². The fourth-order valence-corrected chi connectivity index (χ4v) is 4.10. The van der Waals surface area contributed by atoms with Crippen molar-refractivity contribution in [3.8, 4) is 11.5 Å². The molecule has 0 spiro atoms. The summed E-state index contributed by atoms with van der Waals surface area (Å²) in [6.07, 6.45) is 2.24. The smallest absolute Gasteiger partial charge is 0.224 e. The van der Waals surface area contributed by atoms with Gasteiger partial charge in [0.15, 0.2) is 11.5 Å². The number of fused-ring (bicyclic) bond motifs is 1. The van der Waals surface area contributed by atoms with Gasteiger partial charge in [0.25, 0.3) is 0 Å². The van der Waals surface area contributed by atoms with Gasteiger partial charge in [0.1, 0.15) is 13.2 Å². The number of hydrogen-bond donors (Lipinski definition) is 1. The number of nitrogens with zero attached hydrogens (tertiary/aromatic N) is 1. The van der Waals surface area contributed by atoms with E-state index in [9.17, 15) is 4.79 Å². The molecule has 0 bridgehead atoms. The first-order valence-corrected chi connectivity index (χ1v) is 10.2. The first-order chi connectivity index (χ1) is 13.7. The lowest BCUT2D eigenvalue weighted by Gasteiger charge is -2.32. The van der Waals surface area contributed by atoms with E-state index in [-0.39, 0.29) is 11.9 Å². The van der Waals surface area contributed by atoms with E-state index in [1.807, 2.05) is 12.1 Å². The molecular formula is C22H25ClN2O3. The molecule has 1 fully saturated rings. The summed E-state index contributed by atoms with van der Waals surface area (Å²) in [4.78, 5) is 14.9. The normalized spacial score (nSPS) is 17.3. The first kappa shape index (κ1) is 19.1. The number of ether oxygens (including phenoxy) is 2. The second kappa shape index (κ2) is 8.84. The number of likely N-dealkylation sites (tertiary alicyclic amines) is 1. The number of rotatable bonds is 5. The maximum Gasteiger partial charge on any atom is 0.224 e. The molecule has 0 aromatic heterocycles. The standard InChI is InChI=1S/C22H25ClN2O3/c23-19-12-17(13-20-22(19)28-11-10-27-20)14-21(26)24-18-6-8-25(9-7-18)15-16-4-2-1-3-5-16/h1-5,12-13,18H,6-11,14-15H2,(H,24,26). The molecule has 148 valence electrons. The minimum Gasteiger partial charge on any atom is -0.486 e. The molecule has 5 nitrogen and oxygen atoms in total. The summed E-state index contributed by atoms with van der Waals surface area (Å²) in [5.41, 5.74) is 2.17. The topological polar surface area (TPSA) is 50.8 Å². The Morgan fingerprint density at radius 3 is 2.61 bits per heavy atom. The maximum absolute atomic E-state index is 12.5. The molecule has 0 saturated carbocycles. The second-order valence-electron chi connectivity index (χ2n) is 7.38. The quantitative estimate of drug-likeness (QED) is 0.835. The van der Waals surface area contributed by atoms with Crippen molar-refractivity contribution in [1.29, 1.82) is 0 Å². The highest BCUT2D eigenvalue weighted by Gasteiger charge is 2.22. The van der Waals surface area contributed by atoms with E-state index in [1.54, 1.807) is 6.07 Å². The summed E-state index contributed by atoms with van der Waals surface area (Å²) in [6.45, 7) is 3.96. The molecule has 0 atom stereocenters. The molecule has 2 aromatic rings. The van der Waals surface area contributed by atoms with Gasteiger partial charge in [0.05, 0.1) is 11.4 Å². The van der Waals surface area contributed by atoms with Gasteiger partial charge < -0.3 is 14.8 Å². The van der Waals surface area contributed by atoms with Crippen molar-refractivity contribution in [3.63, 3.8) is 0 Å². The Morgan fingerprint density at radius 2 is 1.82 bits per heavy atom. The minimum absolute atomic E-state index is 0.0225. The van der Waals surface area contributed by atoms with Crippen LogP contribution in [-0.2, 0) is 17.8 Å². The van der Waals surface area contributed by atoms with Crippen LogP contribution >= 0.6 is 11.6 Å². The molecule has 0 radical (unpaired) electrons. The third-order valence-corrected chi connectivity index (χ3v) is 5.50. The van der Waals surface area contributed by atoms with Crippen LogP contribution < -0.4 is 14.8 Å². The molecule has 6 heteroatoms. The fourth-order valence-electron chi connectivity index (χ4n) is 3.81. The van der Waals surface area contributed by atoms with Gasteiger partial charge in [-0.3, -0.25) is 9.69 Å². The minimum atomic E-state index is 0.0225. The van der Waals surface area contributed by atoms with Gasteiger partial charge in [-0.2, -0.15) is 0 Å². The molecule has 2 heterocycles. The van der Waals surface area contributed by atoms with Crippen molar-refractivity contribution >= 4 is 17.5 Å². The van der Waals surface area contributed by atoms with Crippen LogP contribution in [0.4, 0.5) is 0 Å². The van der Waals surface area contributed by atoms with E-state index < -0.39 is 0 Å². The number of carbonyl (C=O) groups is 1. The Hall–Kier alpha value is -2.24. The zero-order valence-electron chi connectivity index (χ0n) is 15.8. The highest BCUT2D eigenvalue weighted by atomic mass is 35.5. The van der Waals surface area contributed by atoms with Gasteiger partial charge >= 0.3 is 0 Å². The number of piperidine rings is 1. The molecule has 1 saturated heterocycles. The summed E-state index contributed by atoms with van der Waals surface area (Å²) in [5, 5.41) is 3.67.